The van der Waals surface area contributed by atoms with Crippen molar-refractivity contribution >= 4 is 0 Å². The van der Waals surface area contributed by atoms with Crippen molar-refractivity contribution in [1.82, 2.24) is 0 Å². The van der Waals surface area contributed by atoms with Crippen LogP contribution in [0.25, 0.3) is 0 Å². The second kappa shape index (κ2) is 3.40. The molecule has 0 aliphatic carbocycles. The molecule has 0 saturated carbocycles. The first-order chi connectivity index (χ1) is 7.40. The van der Waals surface area contributed by atoms with Crippen LogP contribution in [0.15, 0.2) is 12.1 Å². The first-order valence-corrected chi connectivity index (χ1v) is 5.13. The summed E-state index contributed by atoms with van der Waals surface area (Å²) in [6.07, 6.45) is 0.869. The lowest BCUT2D eigenvalue weighted by atomic mass is 9.96. The minimum atomic E-state index is -0.0506. The lowest BCUT2D eigenvalue weighted by molar-refractivity contribution is 0.0460. The van der Waals surface area contributed by atoms with Crippen molar-refractivity contribution in [3.8, 4) is 11.5 Å². The van der Waals surface area contributed by atoms with Crippen LogP contribution in [0, 0.1) is 0 Å². The van der Waals surface area contributed by atoms with E-state index < -0.39 is 0 Å². The third kappa shape index (κ3) is 1.29. The van der Waals surface area contributed by atoms with Gasteiger partial charge in [0.25, 0.3) is 0 Å². The molecule has 0 bridgehead atoms. The summed E-state index contributed by atoms with van der Waals surface area (Å²) in [5, 5.41) is 0. The topological polar surface area (TPSA) is 53.7 Å². The summed E-state index contributed by atoms with van der Waals surface area (Å²) in [5.41, 5.74) is 8.04. The average molecular weight is 207 g/mol. The monoisotopic (exact) mass is 207 g/mol. The van der Waals surface area contributed by atoms with Crippen molar-refractivity contribution in [3.05, 3.63) is 23.3 Å². The molecule has 0 amide bonds. The van der Waals surface area contributed by atoms with E-state index in [1.165, 1.54) is 5.56 Å². The molecule has 15 heavy (non-hydrogen) atoms. The molecule has 1 aromatic carbocycles. The summed E-state index contributed by atoms with van der Waals surface area (Å²) in [6.45, 7) is 1.50. The van der Waals surface area contributed by atoms with E-state index in [1.807, 2.05) is 6.07 Å². The lowest BCUT2D eigenvalue weighted by Gasteiger charge is -2.25. The van der Waals surface area contributed by atoms with Crippen LogP contribution in [-0.2, 0) is 11.2 Å². The Morgan fingerprint density at radius 2 is 2.27 bits per heavy atom. The molecule has 4 heteroatoms. The Kier molecular flexibility index (Phi) is 2.04. The van der Waals surface area contributed by atoms with Gasteiger partial charge in [0.2, 0.25) is 6.79 Å². The first-order valence-electron chi connectivity index (χ1n) is 5.13. The predicted octanol–water partition coefficient (Wildman–Crippen LogP) is 0.988. The molecule has 2 aliphatic heterocycles. The Bertz CT molecular complexity index is 392. The van der Waals surface area contributed by atoms with E-state index in [9.17, 15) is 0 Å². The van der Waals surface area contributed by atoms with Gasteiger partial charge in [-0.3, -0.25) is 0 Å². The Hall–Kier alpha value is -1.26. The fourth-order valence-electron chi connectivity index (χ4n) is 2.19. The van der Waals surface area contributed by atoms with E-state index in [1.54, 1.807) is 0 Å². The zero-order valence-corrected chi connectivity index (χ0v) is 8.36. The van der Waals surface area contributed by atoms with Crippen molar-refractivity contribution in [2.24, 2.45) is 5.73 Å². The van der Waals surface area contributed by atoms with Crippen LogP contribution < -0.4 is 15.2 Å². The SMILES string of the molecule is NC[C@H]1OCCc2ccc3c(c21)OCO3. The maximum atomic E-state index is 5.69. The second-order valence-corrected chi connectivity index (χ2v) is 3.72. The summed E-state index contributed by atoms with van der Waals surface area (Å²) in [5.74, 6) is 1.63. The van der Waals surface area contributed by atoms with E-state index in [-0.39, 0.29) is 6.10 Å². The number of fused-ring (bicyclic) bond motifs is 3. The molecule has 80 valence electrons. The van der Waals surface area contributed by atoms with E-state index in [4.69, 9.17) is 19.9 Å². The number of benzene rings is 1. The Morgan fingerprint density at radius 3 is 3.13 bits per heavy atom. The quantitative estimate of drug-likeness (QED) is 0.746. The fourth-order valence-corrected chi connectivity index (χ4v) is 2.19. The van der Waals surface area contributed by atoms with Gasteiger partial charge in [0.15, 0.2) is 11.5 Å². The van der Waals surface area contributed by atoms with E-state index in [0.29, 0.717) is 13.3 Å². The van der Waals surface area contributed by atoms with Crippen LogP contribution in [0.5, 0.6) is 11.5 Å². The van der Waals surface area contributed by atoms with Crippen LogP contribution in [0.2, 0.25) is 0 Å². The Morgan fingerprint density at radius 1 is 1.33 bits per heavy atom. The fraction of sp³-hybridized carbons (Fsp3) is 0.455. The summed E-state index contributed by atoms with van der Waals surface area (Å²) in [6, 6.07) is 4.04. The van der Waals surface area contributed by atoms with Crippen molar-refractivity contribution < 1.29 is 14.2 Å². The molecule has 2 aliphatic rings. The minimum absolute atomic E-state index is 0.0506. The van der Waals surface area contributed by atoms with E-state index in [2.05, 4.69) is 6.07 Å². The highest BCUT2D eigenvalue weighted by Gasteiger charge is 2.28. The summed E-state index contributed by atoms with van der Waals surface area (Å²) >= 11 is 0. The molecule has 3 rings (SSSR count). The minimum Gasteiger partial charge on any atom is -0.454 e. The number of rotatable bonds is 1. The average Bonchev–Trinajstić information content (AvgIpc) is 2.76. The predicted molar refractivity (Wildman–Crippen MR) is 54.0 cm³/mol. The van der Waals surface area contributed by atoms with Crippen LogP contribution in [0.4, 0.5) is 0 Å². The number of hydrogen-bond donors (Lipinski definition) is 1. The van der Waals surface area contributed by atoms with E-state index >= 15 is 0 Å². The van der Waals surface area contributed by atoms with Gasteiger partial charge in [-0.1, -0.05) is 6.07 Å². The molecule has 0 saturated heterocycles. The number of hydrogen-bond acceptors (Lipinski definition) is 4. The molecule has 0 radical (unpaired) electrons. The van der Waals surface area contributed by atoms with Gasteiger partial charge in [0, 0.05) is 12.1 Å². The van der Waals surface area contributed by atoms with Gasteiger partial charge < -0.3 is 19.9 Å². The molecule has 2 heterocycles. The Labute approximate surface area is 87.9 Å². The van der Waals surface area contributed by atoms with Gasteiger partial charge in [-0.05, 0) is 18.1 Å². The molecule has 0 fully saturated rings. The van der Waals surface area contributed by atoms with Crippen LogP contribution in [0.1, 0.15) is 17.2 Å². The Balaban J connectivity index is 2.14. The highest BCUT2D eigenvalue weighted by Crippen LogP contribution is 2.43. The highest BCUT2D eigenvalue weighted by atomic mass is 16.7. The third-order valence-electron chi connectivity index (χ3n) is 2.89. The summed E-state index contributed by atoms with van der Waals surface area (Å²) < 4.78 is 16.4. The maximum absolute atomic E-state index is 5.69. The van der Waals surface area contributed by atoms with Crippen LogP contribution in [-0.4, -0.2) is 19.9 Å². The molecule has 0 aromatic heterocycles. The van der Waals surface area contributed by atoms with Gasteiger partial charge >= 0.3 is 0 Å². The van der Waals surface area contributed by atoms with Crippen molar-refractivity contribution in [2.75, 3.05) is 19.9 Å². The molecule has 1 aromatic rings. The van der Waals surface area contributed by atoms with Gasteiger partial charge in [-0.2, -0.15) is 0 Å². The lowest BCUT2D eigenvalue weighted by Crippen LogP contribution is -2.23. The molecular weight excluding hydrogens is 194 g/mol. The first kappa shape index (κ1) is 9.00. The molecule has 0 spiro atoms. The van der Waals surface area contributed by atoms with Crippen LogP contribution in [0.3, 0.4) is 0 Å². The maximum Gasteiger partial charge on any atom is 0.231 e. The number of nitrogens with two attached hydrogens (primary N) is 1. The van der Waals surface area contributed by atoms with Crippen LogP contribution >= 0.6 is 0 Å². The third-order valence-corrected chi connectivity index (χ3v) is 2.89. The standard InChI is InChI=1S/C11H13NO3/c12-5-9-10-7(3-4-13-9)1-2-8-11(10)15-6-14-8/h1-2,9H,3-6,12H2/t9-/m1/s1. The second-order valence-electron chi connectivity index (χ2n) is 3.72. The van der Waals surface area contributed by atoms with Gasteiger partial charge in [0.05, 0.1) is 12.7 Å². The zero-order valence-electron chi connectivity index (χ0n) is 8.36. The summed E-state index contributed by atoms with van der Waals surface area (Å²) in [7, 11) is 0. The van der Waals surface area contributed by atoms with Gasteiger partial charge in [-0.25, -0.2) is 0 Å². The van der Waals surface area contributed by atoms with Gasteiger partial charge in [-0.15, -0.1) is 0 Å². The van der Waals surface area contributed by atoms with Crippen molar-refractivity contribution in [2.45, 2.75) is 12.5 Å². The molecular formula is C11H13NO3. The largest absolute Gasteiger partial charge is 0.454 e. The van der Waals surface area contributed by atoms with Crippen molar-refractivity contribution in [1.29, 1.82) is 0 Å². The normalized spacial score (nSPS) is 22.6. The van der Waals surface area contributed by atoms with Crippen molar-refractivity contribution in [3.63, 3.8) is 0 Å². The number of ether oxygens (including phenoxy) is 3. The molecule has 4 nitrogen and oxygen atoms in total. The smallest absolute Gasteiger partial charge is 0.231 e. The molecule has 2 N–H and O–H groups in total. The zero-order chi connectivity index (χ0) is 10.3. The highest BCUT2D eigenvalue weighted by molar-refractivity contribution is 5.54. The molecule has 0 unspecified atom stereocenters. The molecule has 1 atom stereocenters. The van der Waals surface area contributed by atoms with E-state index in [0.717, 1.165) is 30.1 Å². The van der Waals surface area contributed by atoms with Gasteiger partial charge in [0.1, 0.15) is 0 Å². The summed E-state index contributed by atoms with van der Waals surface area (Å²) in [4.78, 5) is 0.